The minimum Gasteiger partial charge on any atom is -0.493 e. The fraction of sp³-hybridized carbons (Fsp3) is 0.250. The molecule has 28 heavy (non-hydrogen) atoms. The van der Waals surface area contributed by atoms with Gasteiger partial charge >= 0.3 is 0 Å². The van der Waals surface area contributed by atoms with Crippen LogP contribution in [-0.4, -0.2) is 29.3 Å². The van der Waals surface area contributed by atoms with E-state index in [1.807, 2.05) is 18.2 Å². The quantitative estimate of drug-likeness (QED) is 0.430. The number of hydrogen-bond acceptors (Lipinski definition) is 7. The molecule has 146 valence electrons. The molecule has 6 nitrogen and oxygen atoms in total. The van der Waals surface area contributed by atoms with Crippen LogP contribution in [0.1, 0.15) is 18.1 Å². The fourth-order valence-corrected chi connectivity index (χ4v) is 4.13. The number of carbonyl (C=O) groups is 1. The monoisotopic (exact) mass is 415 g/mol. The van der Waals surface area contributed by atoms with Crippen molar-refractivity contribution in [2.45, 2.75) is 30.0 Å². The number of rotatable bonds is 8. The number of aromatic nitrogens is 2. The van der Waals surface area contributed by atoms with Crippen molar-refractivity contribution in [2.24, 2.45) is 0 Å². The predicted octanol–water partition coefficient (Wildman–Crippen LogP) is 4.55. The maximum atomic E-state index is 12.4. The first-order chi connectivity index (χ1) is 13.5. The van der Waals surface area contributed by atoms with Gasteiger partial charge in [-0.2, -0.15) is 0 Å². The number of nitrogens with one attached hydrogen (secondary N) is 1. The van der Waals surface area contributed by atoms with Gasteiger partial charge in [0.1, 0.15) is 0 Å². The highest BCUT2D eigenvalue weighted by molar-refractivity contribution is 8.00. The average molecular weight is 416 g/mol. The molecule has 1 atom stereocenters. The van der Waals surface area contributed by atoms with E-state index in [9.17, 15) is 4.79 Å². The zero-order valence-corrected chi connectivity index (χ0v) is 17.5. The fourth-order valence-electron chi connectivity index (χ4n) is 2.43. The van der Waals surface area contributed by atoms with Crippen molar-refractivity contribution in [3.63, 3.8) is 0 Å². The van der Waals surface area contributed by atoms with E-state index in [2.05, 4.69) is 40.6 Å². The maximum absolute atomic E-state index is 12.4. The summed E-state index contributed by atoms with van der Waals surface area (Å²) in [7, 11) is 1.56. The molecule has 1 N–H and O–H groups in total. The lowest BCUT2D eigenvalue weighted by Crippen LogP contribution is -2.30. The smallest absolute Gasteiger partial charge is 0.266 e. The number of nitrogens with zero attached hydrogens (tertiary/aromatic N) is 2. The number of thioether (sulfide) groups is 1. The van der Waals surface area contributed by atoms with Gasteiger partial charge in [-0.25, -0.2) is 0 Å². The number of aryl methyl sites for hydroxylation is 1. The van der Waals surface area contributed by atoms with Crippen LogP contribution in [0.5, 0.6) is 11.5 Å². The number of anilines is 1. The first-order valence-corrected chi connectivity index (χ1v) is 10.5. The summed E-state index contributed by atoms with van der Waals surface area (Å²) in [4.78, 5) is 12.4. The lowest BCUT2D eigenvalue weighted by Gasteiger charge is -2.15. The van der Waals surface area contributed by atoms with Crippen LogP contribution in [0.2, 0.25) is 0 Å². The molecule has 0 spiro atoms. The molecule has 0 saturated carbocycles. The molecule has 3 rings (SSSR count). The average Bonchev–Trinajstić information content (AvgIpc) is 3.14. The number of benzene rings is 2. The van der Waals surface area contributed by atoms with Crippen LogP contribution >= 0.6 is 23.1 Å². The topological polar surface area (TPSA) is 73.3 Å². The SMILES string of the molecule is COc1ccccc1OC(C)C(=O)Nc1nnc(SCc2cccc(C)c2)s1. The molecule has 0 bridgehead atoms. The van der Waals surface area contributed by atoms with E-state index in [0.29, 0.717) is 16.6 Å². The van der Waals surface area contributed by atoms with Gasteiger partial charge in [-0.1, -0.05) is 65.1 Å². The lowest BCUT2D eigenvalue weighted by atomic mass is 10.2. The van der Waals surface area contributed by atoms with Crippen LogP contribution in [0.15, 0.2) is 52.9 Å². The summed E-state index contributed by atoms with van der Waals surface area (Å²) in [5, 5.41) is 11.4. The summed E-state index contributed by atoms with van der Waals surface area (Å²) in [6.45, 7) is 3.75. The summed E-state index contributed by atoms with van der Waals surface area (Å²) in [6, 6.07) is 15.5. The predicted molar refractivity (Wildman–Crippen MR) is 112 cm³/mol. The number of amides is 1. The van der Waals surface area contributed by atoms with Crippen LogP contribution in [0.25, 0.3) is 0 Å². The van der Waals surface area contributed by atoms with E-state index < -0.39 is 6.10 Å². The molecule has 0 aliphatic rings. The van der Waals surface area contributed by atoms with Gasteiger partial charge in [0.05, 0.1) is 7.11 Å². The van der Waals surface area contributed by atoms with Crippen molar-refractivity contribution in [2.75, 3.05) is 12.4 Å². The van der Waals surface area contributed by atoms with Crippen LogP contribution in [-0.2, 0) is 10.5 Å². The second-order valence-electron chi connectivity index (χ2n) is 6.05. The van der Waals surface area contributed by atoms with Crippen molar-refractivity contribution in [1.82, 2.24) is 10.2 Å². The molecule has 3 aromatic rings. The minimum absolute atomic E-state index is 0.294. The molecule has 1 heterocycles. The van der Waals surface area contributed by atoms with Crippen LogP contribution < -0.4 is 14.8 Å². The van der Waals surface area contributed by atoms with Gasteiger partial charge < -0.3 is 9.47 Å². The van der Waals surface area contributed by atoms with E-state index in [-0.39, 0.29) is 5.91 Å². The van der Waals surface area contributed by atoms with Gasteiger partial charge in [0.2, 0.25) is 5.13 Å². The minimum atomic E-state index is -0.705. The number of methoxy groups -OCH3 is 1. The Labute approximate surface area is 172 Å². The first-order valence-electron chi connectivity index (χ1n) is 8.67. The zero-order chi connectivity index (χ0) is 19.9. The van der Waals surface area contributed by atoms with E-state index in [0.717, 1.165) is 10.1 Å². The van der Waals surface area contributed by atoms with Crippen molar-refractivity contribution in [3.8, 4) is 11.5 Å². The van der Waals surface area contributed by atoms with Gasteiger partial charge in [-0.3, -0.25) is 10.1 Å². The Hall–Kier alpha value is -2.58. The number of ether oxygens (including phenoxy) is 2. The molecule has 0 aliphatic carbocycles. The van der Waals surface area contributed by atoms with Gasteiger partial charge in [0.25, 0.3) is 5.91 Å². The molecule has 1 aromatic heterocycles. The van der Waals surface area contributed by atoms with Crippen molar-refractivity contribution < 1.29 is 14.3 Å². The molecule has 0 fully saturated rings. The highest BCUT2D eigenvalue weighted by Gasteiger charge is 2.18. The van der Waals surface area contributed by atoms with Crippen LogP contribution in [0.3, 0.4) is 0 Å². The summed E-state index contributed by atoms with van der Waals surface area (Å²) in [5.74, 6) is 1.60. The van der Waals surface area contributed by atoms with Crippen molar-refractivity contribution >= 4 is 34.1 Å². The highest BCUT2D eigenvalue weighted by Crippen LogP contribution is 2.29. The molecule has 2 aromatic carbocycles. The molecule has 0 aliphatic heterocycles. The first kappa shape index (κ1) is 20.2. The van der Waals surface area contributed by atoms with Gasteiger partial charge in [-0.05, 0) is 31.5 Å². The molecular weight excluding hydrogens is 394 g/mol. The van der Waals surface area contributed by atoms with Crippen molar-refractivity contribution in [3.05, 3.63) is 59.7 Å². The van der Waals surface area contributed by atoms with Gasteiger partial charge in [-0.15, -0.1) is 10.2 Å². The third kappa shape index (κ3) is 5.46. The van der Waals surface area contributed by atoms with E-state index >= 15 is 0 Å². The molecule has 1 unspecified atom stereocenters. The molecule has 1 amide bonds. The third-order valence-electron chi connectivity index (χ3n) is 3.82. The number of para-hydroxylation sites is 2. The number of carbonyl (C=O) groups excluding carboxylic acids is 1. The molecule has 8 heteroatoms. The highest BCUT2D eigenvalue weighted by atomic mass is 32.2. The van der Waals surface area contributed by atoms with Crippen LogP contribution in [0, 0.1) is 6.92 Å². The molecule has 0 radical (unpaired) electrons. The Kier molecular flexibility index (Phi) is 6.89. The Morgan fingerprint density at radius 1 is 1.18 bits per heavy atom. The second-order valence-corrected chi connectivity index (χ2v) is 8.25. The number of hydrogen-bond donors (Lipinski definition) is 1. The summed E-state index contributed by atoms with van der Waals surface area (Å²) < 4.78 is 11.7. The Morgan fingerprint density at radius 2 is 1.96 bits per heavy atom. The summed E-state index contributed by atoms with van der Waals surface area (Å²) in [6.07, 6.45) is -0.705. The zero-order valence-electron chi connectivity index (χ0n) is 15.8. The normalized spacial score (nSPS) is 11.7. The largest absolute Gasteiger partial charge is 0.493 e. The Bertz CT molecular complexity index is 946. The van der Waals surface area contributed by atoms with Gasteiger partial charge in [0, 0.05) is 5.75 Å². The van der Waals surface area contributed by atoms with Crippen LogP contribution in [0.4, 0.5) is 5.13 Å². The lowest BCUT2D eigenvalue weighted by molar-refractivity contribution is -0.122. The third-order valence-corrected chi connectivity index (χ3v) is 5.87. The van der Waals surface area contributed by atoms with E-state index in [1.54, 1.807) is 37.9 Å². The second kappa shape index (κ2) is 9.57. The Balaban J connectivity index is 1.54. The van der Waals surface area contributed by atoms with E-state index in [4.69, 9.17) is 9.47 Å². The summed E-state index contributed by atoms with van der Waals surface area (Å²) >= 11 is 2.94. The summed E-state index contributed by atoms with van der Waals surface area (Å²) in [5.41, 5.74) is 2.46. The molecular formula is C20H21N3O3S2. The van der Waals surface area contributed by atoms with Crippen molar-refractivity contribution in [1.29, 1.82) is 0 Å². The standard InChI is InChI=1S/C20H21N3O3S2/c1-13-7-6-8-15(11-13)12-27-20-23-22-19(28-20)21-18(24)14(2)26-17-10-5-4-9-16(17)25-3/h4-11,14H,12H2,1-3H3,(H,21,22,24). The molecule has 0 saturated heterocycles. The Morgan fingerprint density at radius 3 is 2.71 bits per heavy atom. The maximum Gasteiger partial charge on any atom is 0.266 e. The van der Waals surface area contributed by atoms with E-state index in [1.165, 1.54) is 22.5 Å². The van der Waals surface area contributed by atoms with Gasteiger partial charge in [0.15, 0.2) is 21.9 Å².